The summed E-state index contributed by atoms with van der Waals surface area (Å²) in [5, 5.41) is 17.6. The van der Waals surface area contributed by atoms with E-state index in [0.717, 1.165) is 6.08 Å². The van der Waals surface area contributed by atoms with Crippen molar-refractivity contribution < 1.29 is 14.6 Å². The average molecular weight is 174 g/mol. The summed E-state index contributed by atoms with van der Waals surface area (Å²) < 4.78 is 5.08. The molecule has 0 aromatic rings. The third-order valence-electron chi connectivity index (χ3n) is 0.701. The van der Waals surface area contributed by atoms with Crippen molar-refractivity contribution in [3.63, 3.8) is 0 Å². The lowest BCUT2D eigenvalue weighted by Crippen LogP contribution is -2.24. The maximum Gasteiger partial charge on any atom is 0.266 e. The molecule has 0 saturated carbocycles. The van der Waals surface area contributed by atoms with Crippen molar-refractivity contribution in [1.29, 1.82) is 0 Å². The Morgan fingerprint density at radius 3 is 2.09 bits per heavy atom. The highest BCUT2D eigenvalue weighted by Crippen LogP contribution is 2.08. The molecular weight excluding hydrogens is 160 g/mol. The Balaban J connectivity index is 4.07. The van der Waals surface area contributed by atoms with Gasteiger partial charge in [-0.25, -0.2) is 0 Å². The monoisotopic (exact) mass is 174 g/mol. The van der Waals surface area contributed by atoms with Crippen LogP contribution in [0, 0.1) is 0 Å². The SMILES string of the molecule is C=C(O)/C=C(\O)O[Si](C)(C)C. The Labute approximate surface area is 67.8 Å². The molecule has 0 unspecified atom stereocenters. The molecule has 0 aliphatic rings. The largest absolute Gasteiger partial charge is 0.520 e. The fourth-order valence-electron chi connectivity index (χ4n) is 0.486. The van der Waals surface area contributed by atoms with E-state index >= 15 is 0 Å². The Bertz CT molecular complexity index is 179. The van der Waals surface area contributed by atoms with Crippen LogP contribution >= 0.6 is 0 Å². The van der Waals surface area contributed by atoms with E-state index in [-0.39, 0.29) is 11.7 Å². The Morgan fingerprint density at radius 2 is 1.82 bits per heavy atom. The maximum absolute atomic E-state index is 9.01. The zero-order valence-electron chi connectivity index (χ0n) is 7.09. The molecule has 0 fully saturated rings. The highest BCUT2D eigenvalue weighted by atomic mass is 28.4. The van der Waals surface area contributed by atoms with Gasteiger partial charge in [-0.2, -0.15) is 0 Å². The first kappa shape index (κ1) is 10.1. The molecule has 0 aromatic heterocycles. The van der Waals surface area contributed by atoms with Crippen molar-refractivity contribution in [2.75, 3.05) is 0 Å². The van der Waals surface area contributed by atoms with Crippen LogP contribution in [-0.2, 0) is 4.43 Å². The van der Waals surface area contributed by atoms with Gasteiger partial charge < -0.3 is 14.6 Å². The van der Waals surface area contributed by atoms with Crippen LogP contribution in [-0.4, -0.2) is 18.5 Å². The van der Waals surface area contributed by atoms with Crippen LogP contribution in [0.2, 0.25) is 19.6 Å². The Morgan fingerprint density at radius 1 is 1.36 bits per heavy atom. The number of hydrogen-bond acceptors (Lipinski definition) is 3. The molecule has 0 rings (SSSR count). The van der Waals surface area contributed by atoms with E-state index in [0.29, 0.717) is 0 Å². The van der Waals surface area contributed by atoms with Crippen molar-refractivity contribution in [3.8, 4) is 0 Å². The third kappa shape index (κ3) is 6.99. The van der Waals surface area contributed by atoms with Crippen LogP contribution in [0.3, 0.4) is 0 Å². The van der Waals surface area contributed by atoms with Crippen LogP contribution in [0.15, 0.2) is 24.4 Å². The van der Waals surface area contributed by atoms with E-state index in [2.05, 4.69) is 6.58 Å². The van der Waals surface area contributed by atoms with Crippen molar-refractivity contribution in [2.45, 2.75) is 19.6 Å². The summed E-state index contributed by atoms with van der Waals surface area (Å²) in [6.45, 7) is 8.96. The molecule has 64 valence electrons. The minimum atomic E-state index is -1.76. The standard InChI is InChI=1S/C7H14O3Si/c1-6(8)5-7(9)10-11(2,3)4/h5,8-9H,1H2,2-4H3/b7-5+. The van der Waals surface area contributed by atoms with E-state index in [4.69, 9.17) is 14.6 Å². The summed E-state index contributed by atoms with van der Waals surface area (Å²) in [6, 6.07) is 0. The van der Waals surface area contributed by atoms with Crippen LogP contribution in [0.4, 0.5) is 0 Å². The zero-order chi connectivity index (χ0) is 9.07. The maximum atomic E-state index is 9.01. The summed E-state index contributed by atoms with van der Waals surface area (Å²) in [5.74, 6) is -0.475. The van der Waals surface area contributed by atoms with E-state index < -0.39 is 8.32 Å². The van der Waals surface area contributed by atoms with Gasteiger partial charge in [0.05, 0.1) is 6.08 Å². The molecule has 0 radical (unpaired) electrons. The second kappa shape index (κ2) is 3.48. The molecule has 0 amide bonds. The van der Waals surface area contributed by atoms with E-state index in [1.807, 2.05) is 19.6 Å². The number of aliphatic hydroxyl groups is 2. The molecule has 3 nitrogen and oxygen atoms in total. The third-order valence-corrected chi connectivity index (χ3v) is 1.52. The predicted octanol–water partition coefficient (Wildman–Crippen LogP) is 2.31. The topological polar surface area (TPSA) is 49.7 Å². The highest BCUT2D eigenvalue weighted by Gasteiger charge is 2.17. The number of allylic oxidation sites excluding steroid dienone is 1. The minimum absolute atomic E-state index is 0.208. The lowest BCUT2D eigenvalue weighted by atomic mass is 10.5. The second-order valence-electron chi connectivity index (χ2n) is 3.19. The summed E-state index contributed by atoms with van der Waals surface area (Å²) in [7, 11) is -1.76. The fraction of sp³-hybridized carbons (Fsp3) is 0.429. The van der Waals surface area contributed by atoms with Crippen molar-refractivity contribution in [1.82, 2.24) is 0 Å². The first-order chi connectivity index (χ1) is 4.81. The molecule has 0 aliphatic heterocycles. The van der Waals surface area contributed by atoms with Gasteiger partial charge in [-0.05, 0) is 19.6 Å². The van der Waals surface area contributed by atoms with Gasteiger partial charge >= 0.3 is 0 Å². The average Bonchev–Trinajstić information content (AvgIpc) is 1.53. The molecule has 0 spiro atoms. The summed E-state index contributed by atoms with van der Waals surface area (Å²) in [5.41, 5.74) is 0. The van der Waals surface area contributed by atoms with Gasteiger partial charge in [-0.15, -0.1) is 0 Å². The molecule has 0 saturated heterocycles. The van der Waals surface area contributed by atoms with E-state index in [1.165, 1.54) is 0 Å². The van der Waals surface area contributed by atoms with Gasteiger partial charge in [-0.3, -0.25) is 0 Å². The molecular formula is C7H14O3Si. The van der Waals surface area contributed by atoms with Crippen LogP contribution in [0.5, 0.6) is 0 Å². The lowest BCUT2D eigenvalue weighted by molar-refractivity contribution is 0.201. The van der Waals surface area contributed by atoms with Gasteiger partial charge in [0.1, 0.15) is 5.76 Å². The van der Waals surface area contributed by atoms with Gasteiger partial charge in [0, 0.05) is 0 Å². The van der Waals surface area contributed by atoms with Gasteiger partial charge in [0.2, 0.25) is 8.32 Å². The molecule has 11 heavy (non-hydrogen) atoms. The summed E-state index contributed by atoms with van der Waals surface area (Å²) >= 11 is 0. The van der Waals surface area contributed by atoms with Gasteiger partial charge in [0.25, 0.3) is 5.95 Å². The highest BCUT2D eigenvalue weighted by molar-refractivity contribution is 6.69. The number of rotatable bonds is 3. The van der Waals surface area contributed by atoms with Crippen LogP contribution < -0.4 is 0 Å². The predicted molar refractivity (Wildman–Crippen MR) is 46.9 cm³/mol. The molecule has 0 aromatic carbocycles. The lowest BCUT2D eigenvalue weighted by Gasteiger charge is -2.17. The fourth-order valence-corrected chi connectivity index (χ4v) is 1.17. The zero-order valence-corrected chi connectivity index (χ0v) is 8.09. The minimum Gasteiger partial charge on any atom is -0.520 e. The van der Waals surface area contributed by atoms with Crippen LogP contribution in [0.1, 0.15) is 0 Å². The van der Waals surface area contributed by atoms with Crippen molar-refractivity contribution >= 4 is 8.32 Å². The van der Waals surface area contributed by atoms with Crippen molar-refractivity contribution in [3.05, 3.63) is 24.4 Å². The molecule has 0 aliphatic carbocycles. The Hall–Kier alpha value is -0.903. The van der Waals surface area contributed by atoms with Gasteiger partial charge in [-0.1, -0.05) is 6.58 Å². The number of aliphatic hydroxyl groups excluding tert-OH is 2. The molecule has 0 bridgehead atoms. The molecule has 0 heterocycles. The van der Waals surface area contributed by atoms with Crippen LogP contribution in [0.25, 0.3) is 0 Å². The first-order valence-corrected chi connectivity index (χ1v) is 6.69. The second-order valence-corrected chi connectivity index (χ2v) is 7.62. The first-order valence-electron chi connectivity index (χ1n) is 3.29. The normalized spacial score (nSPS) is 12.8. The molecule has 2 N–H and O–H groups in total. The molecule has 0 atom stereocenters. The number of hydrogen-bond donors (Lipinski definition) is 2. The van der Waals surface area contributed by atoms with E-state index in [1.54, 1.807) is 0 Å². The smallest absolute Gasteiger partial charge is 0.266 e. The summed E-state index contributed by atoms with van der Waals surface area (Å²) in [6.07, 6.45) is 1.08. The van der Waals surface area contributed by atoms with Gasteiger partial charge in [0.15, 0.2) is 0 Å². The Kier molecular flexibility index (Phi) is 3.19. The quantitative estimate of drug-likeness (QED) is 0.392. The van der Waals surface area contributed by atoms with Crippen molar-refractivity contribution in [2.24, 2.45) is 0 Å². The summed E-state index contributed by atoms with van der Waals surface area (Å²) in [4.78, 5) is 0. The molecule has 4 heteroatoms. The van der Waals surface area contributed by atoms with E-state index in [9.17, 15) is 0 Å².